The van der Waals surface area contributed by atoms with Crippen molar-refractivity contribution in [3.05, 3.63) is 52.9 Å². The van der Waals surface area contributed by atoms with E-state index in [0.29, 0.717) is 0 Å². The van der Waals surface area contributed by atoms with Crippen molar-refractivity contribution in [3.63, 3.8) is 0 Å². The highest BCUT2D eigenvalue weighted by Gasteiger charge is 2.14. The lowest BCUT2D eigenvalue weighted by Gasteiger charge is -2.05. The van der Waals surface area contributed by atoms with E-state index >= 15 is 0 Å². The Morgan fingerprint density at radius 2 is 2.00 bits per heavy atom. The number of nitrogens with zero attached hydrogens (tertiary/aromatic N) is 2. The molecule has 0 fully saturated rings. The van der Waals surface area contributed by atoms with Gasteiger partial charge in [0.25, 0.3) is 0 Å². The molecule has 0 bridgehead atoms. The third-order valence-electron chi connectivity index (χ3n) is 2.63. The molecule has 5 heteroatoms. The molecule has 0 amide bonds. The van der Waals surface area contributed by atoms with Gasteiger partial charge in [0.1, 0.15) is 18.2 Å². The maximum atomic E-state index is 13.4. The Hall–Kier alpha value is -2.04. The minimum absolute atomic E-state index is 0.0972. The molecule has 0 spiro atoms. The van der Waals surface area contributed by atoms with E-state index in [-0.39, 0.29) is 12.1 Å². The number of halogens is 2. The van der Waals surface area contributed by atoms with E-state index in [9.17, 15) is 13.6 Å². The number of carbonyl (C=O) groups excluding carboxylic acids is 1. The average Bonchev–Trinajstić information content (AvgIpc) is 2.61. The van der Waals surface area contributed by atoms with Crippen LogP contribution in [0, 0.1) is 25.5 Å². The second-order valence-electron chi connectivity index (χ2n) is 4.13. The molecule has 3 nitrogen and oxygen atoms in total. The fraction of sp³-hybridized carbons (Fsp3) is 0.231. The summed E-state index contributed by atoms with van der Waals surface area (Å²) in [5, 5.41) is 4.11. The fourth-order valence-corrected chi connectivity index (χ4v) is 1.77. The second kappa shape index (κ2) is 4.68. The number of hydrogen-bond donors (Lipinski definition) is 0. The van der Waals surface area contributed by atoms with E-state index in [1.54, 1.807) is 13.8 Å². The Kier molecular flexibility index (Phi) is 3.23. The van der Waals surface area contributed by atoms with Crippen molar-refractivity contribution < 1.29 is 13.6 Å². The molecule has 2 rings (SSSR count). The van der Waals surface area contributed by atoms with E-state index in [1.807, 2.05) is 6.07 Å². The van der Waals surface area contributed by atoms with Crippen molar-refractivity contribution in [2.75, 3.05) is 0 Å². The maximum absolute atomic E-state index is 13.4. The lowest BCUT2D eigenvalue weighted by Crippen LogP contribution is -2.14. The number of Topliss-reactive ketones (excluding diaryl/α,β-unsaturated/α-hetero) is 1. The van der Waals surface area contributed by atoms with E-state index in [4.69, 9.17) is 0 Å². The third-order valence-corrected chi connectivity index (χ3v) is 2.63. The number of aromatic nitrogens is 2. The normalized spacial score (nSPS) is 10.7. The van der Waals surface area contributed by atoms with Crippen LogP contribution in [0.5, 0.6) is 0 Å². The summed E-state index contributed by atoms with van der Waals surface area (Å²) in [5.41, 5.74) is 1.33. The number of carbonyl (C=O) groups is 1. The van der Waals surface area contributed by atoms with Crippen LogP contribution in [0.15, 0.2) is 24.3 Å². The van der Waals surface area contributed by atoms with Crippen LogP contribution in [-0.2, 0) is 6.54 Å². The van der Waals surface area contributed by atoms with Crippen LogP contribution < -0.4 is 0 Å². The molecule has 18 heavy (non-hydrogen) atoms. The van der Waals surface area contributed by atoms with Crippen LogP contribution in [0.2, 0.25) is 0 Å². The first kappa shape index (κ1) is 12.4. The molecule has 0 saturated heterocycles. The molecule has 0 saturated carbocycles. The topological polar surface area (TPSA) is 34.9 Å². The summed E-state index contributed by atoms with van der Waals surface area (Å²) in [6.07, 6.45) is 0. The number of hydrogen-bond acceptors (Lipinski definition) is 2. The Balaban J connectivity index is 2.27. The molecule has 94 valence electrons. The molecule has 0 aliphatic heterocycles. The van der Waals surface area contributed by atoms with Gasteiger partial charge in [0.05, 0.1) is 11.3 Å². The molecular weight excluding hydrogens is 238 g/mol. The van der Waals surface area contributed by atoms with Gasteiger partial charge in [-0.3, -0.25) is 9.48 Å². The quantitative estimate of drug-likeness (QED) is 0.785. The van der Waals surface area contributed by atoms with Crippen molar-refractivity contribution in [1.82, 2.24) is 9.78 Å². The van der Waals surface area contributed by atoms with Crippen LogP contribution in [0.25, 0.3) is 0 Å². The molecule has 0 aliphatic carbocycles. The third kappa shape index (κ3) is 2.45. The molecule has 0 aliphatic rings. The predicted molar refractivity (Wildman–Crippen MR) is 62.4 cm³/mol. The van der Waals surface area contributed by atoms with E-state index < -0.39 is 17.4 Å². The number of aryl methyl sites for hydroxylation is 2. The van der Waals surface area contributed by atoms with Gasteiger partial charge >= 0.3 is 0 Å². The maximum Gasteiger partial charge on any atom is 0.187 e. The first-order valence-corrected chi connectivity index (χ1v) is 5.46. The minimum Gasteiger partial charge on any atom is -0.292 e. The van der Waals surface area contributed by atoms with Gasteiger partial charge in [-0.25, -0.2) is 8.78 Å². The van der Waals surface area contributed by atoms with Crippen molar-refractivity contribution in [1.29, 1.82) is 0 Å². The molecular formula is C13H12F2N2O. The highest BCUT2D eigenvalue weighted by Crippen LogP contribution is 2.12. The summed E-state index contributed by atoms with van der Waals surface area (Å²) in [7, 11) is 0. The second-order valence-corrected chi connectivity index (χ2v) is 4.13. The smallest absolute Gasteiger partial charge is 0.187 e. The number of ketones is 1. The standard InChI is InChI=1S/C13H12F2N2O/c1-8-5-9(2)17(16-8)7-13(18)11-6-10(14)3-4-12(11)15/h3-6H,7H2,1-2H3. The van der Waals surface area contributed by atoms with Gasteiger partial charge in [0, 0.05) is 5.69 Å². The van der Waals surface area contributed by atoms with Crippen LogP contribution >= 0.6 is 0 Å². The van der Waals surface area contributed by atoms with E-state index in [2.05, 4.69) is 5.10 Å². The van der Waals surface area contributed by atoms with Gasteiger partial charge in [-0.15, -0.1) is 0 Å². The Bertz CT molecular complexity index is 605. The molecule has 0 radical (unpaired) electrons. The SMILES string of the molecule is Cc1cc(C)n(CC(=O)c2cc(F)ccc2F)n1. The molecule has 1 aromatic heterocycles. The predicted octanol–water partition coefficient (Wildman–Crippen LogP) is 2.66. The Morgan fingerprint density at radius 1 is 1.28 bits per heavy atom. The van der Waals surface area contributed by atoms with Gasteiger partial charge in [-0.2, -0.15) is 5.10 Å². The fourth-order valence-electron chi connectivity index (χ4n) is 1.77. The Labute approximate surface area is 103 Å². The van der Waals surface area contributed by atoms with Gasteiger partial charge < -0.3 is 0 Å². The zero-order chi connectivity index (χ0) is 13.3. The van der Waals surface area contributed by atoms with Gasteiger partial charge in [0.15, 0.2) is 5.78 Å². The van der Waals surface area contributed by atoms with Gasteiger partial charge in [0.2, 0.25) is 0 Å². The number of rotatable bonds is 3. The van der Waals surface area contributed by atoms with Crippen molar-refractivity contribution >= 4 is 5.78 Å². The largest absolute Gasteiger partial charge is 0.292 e. The van der Waals surface area contributed by atoms with Crippen molar-refractivity contribution in [2.24, 2.45) is 0 Å². The molecule has 0 unspecified atom stereocenters. The first-order chi connectivity index (χ1) is 8.47. The summed E-state index contributed by atoms with van der Waals surface area (Å²) in [6.45, 7) is 3.51. The van der Waals surface area contributed by atoms with Gasteiger partial charge in [-0.1, -0.05) is 0 Å². The Morgan fingerprint density at radius 3 is 2.61 bits per heavy atom. The molecule has 1 heterocycles. The monoisotopic (exact) mass is 250 g/mol. The van der Waals surface area contributed by atoms with E-state index in [0.717, 1.165) is 29.6 Å². The highest BCUT2D eigenvalue weighted by atomic mass is 19.1. The summed E-state index contributed by atoms with van der Waals surface area (Å²) in [6, 6.07) is 4.65. The van der Waals surface area contributed by atoms with Crippen LogP contribution in [0.3, 0.4) is 0 Å². The molecule has 0 N–H and O–H groups in total. The zero-order valence-corrected chi connectivity index (χ0v) is 10.1. The summed E-state index contributed by atoms with van der Waals surface area (Å²) < 4.78 is 27.9. The first-order valence-electron chi connectivity index (χ1n) is 5.46. The van der Waals surface area contributed by atoms with Crippen LogP contribution in [0.4, 0.5) is 8.78 Å². The van der Waals surface area contributed by atoms with E-state index in [1.165, 1.54) is 4.68 Å². The minimum atomic E-state index is -0.720. The summed E-state index contributed by atoms with van der Waals surface area (Å²) in [4.78, 5) is 11.9. The molecule has 0 atom stereocenters. The van der Waals surface area contributed by atoms with Crippen molar-refractivity contribution in [3.8, 4) is 0 Å². The summed E-state index contributed by atoms with van der Waals surface area (Å²) >= 11 is 0. The van der Waals surface area contributed by atoms with Crippen molar-refractivity contribution in [2.45, 2.75) is 20.4 Å². The van der Waals surface area contributed by atoms with Crippen LogP contribution in [0.1, 0.15) is 21.7 Å². The van der Waals surface area contributed by atoms with Gasteiger partial charge in [-0.05, 0) is 38.1 Å². The average molecular weight is 250 g/mol. The summed E-state index contributed by atoms with van der Waals surface area (Å²) in [5.74, 6) is -1.85. The lowest BCUT2D eigenvalue weighted by atomic mass is 10.1. The number of benzene rings is 1. The highest BCUT2D eigenvalue weighted by molar-refractivity contribution is 5.96. The zero-order valence-electron chi connectivity index (χ0n) is 10.1. The lowest BCUT2D eigenvalue weighted by molar-refractivity contribution is 0.0962. The molecule has 1 aromatic carbocycles. The van der Waals surface area contributed by atoms with Crippen LogP contribution in [-0.4, -0.2) is 15.6 Å². The molecule has 2 aromatic rings.